The zero-order valence-corrected chi connectivity index (χ0v) is 28.3. The van der Waals surface area contributed by atoms with E-state index in [1.807, 2.05) is 25.1 Å². The lowest BCUT2D eigenvalue weighted by atomic mass is 9.64. The third-order valence-corrected chi connectivity index (χ3v) is 13.0. The number of allylic oxidation sites excluding steroid dienone is 1. The molecule has 2 bridgehead atoms. The second kappa shape index (κ2) is 13.0. The summed E-state index contributed by atoms with van der Waals surface area (Å²) in [5.74, 6) is -0.215. The van der Waals surface area contributed by atoms with Gasteiger partial charge in [0.25, 0.3) is 5.91 Å². The summed E-state index contributed by atoms with van der Waals surface area (Å²) < 4.78 is 41.4. The number of hydrogen-bond donors (Lipinski definition) is 2. The number of amides is 1. The first kappa shape index (κ1) is 33.1. The smallest absolute Gasteiger partial charge is 0.264 e. The molecule has 1 fully saturated rings. The summed E-state index contributed by atoms with van der Waals surface area (Å²) in [5.41, 5.74) is 1.95. The molecule has 0 aromatic heterocycles. The van der Waals surface area contributed by atoms with E-state index in [2.05, 4.69) is 28.3 Å². The number of nitrogens with zero attached hydrogens (tertiary/aromatic N) is 1. The van der Waals surface area contributed by atoms with Gasteiger partial charge in [-0.15, -0.1) is 6.58 Å². The topological polar surface area (TPSA) is 105 Å². The lowest BCUT2D eigenvalue weighted by Gasteiger charge is -2.49. The first-order valence-corrected chi connectivity index (χ1v) is 18.3. The summed E-state index contributed by atoms with van der Waals surface area (Å²) >= 11 is 6.42. The normalized spacial score (nSPS) is 33.0. The van der Waals surface area contributed by atoms with Crippen molar-refractivity contribution in [3.05, 3.63) is 82.9 Å². The van der Waals surface area contributed by atoms with Gasteiger partial charge in [-0.05, 0) is 105 Å². The number of nitrogens with one attached hydrogen (secondary N) is 1. The minimum Gasteiger partial charge on any atom is -0.490 e. The maximum absolute atomic E-state index is 13.4. The van der Waals surface area contributed by atoms with Gasteiger partial charge in [-0.1, -0.05) is 42.8 Å². The van der Waals surface area contributed by atoms with Crippen LogP contribution in [0.5, 0.6) is 5.75 Å². The fourth-order valence-corrected chi connectivity index (χ4v) is 9.31. The van der Waals surface area contributed by atoms with Crippen molar-refractivity contribution < 1.29 is 27.8 Å². The molecule has 0 saturated heterocycles. The highest BCUT2D eigenvalue weighted by atomic mass is 35.5. The van der Waals surface area contributed by atoms with Gasteiger partial charge in [-0.25, -0.2) is 13.1 Å². The number of carbonyl (C=O) groups is 1. The van der Waals surface area contributed by atoms with Crippen molar-refractivity contribution in [3.63, 3.8) is 0 Å². The van der Waals surface area contributed by atoms with E-state index >= 15 is 0 Å². The molecule has 1 amide bonds. The van der Waals surface area contributed by atoms with Gasteiger partial charge in [0.1, 0.15) is 11.4 Å². The number of benzene rings is 2. The lowest BCUT2D eigenvalue weighted by Crippen LogP contribution is -2.54. The van der Waals surface area contributed by atoms with E-state index in [4.69, 9.17) is 21.1 Å². The molecule has 2 N–H and O–H groups in total. The number of fused-ring (bicyclic) bond motifs is 4. The third-order valence-electron chi connectivity index (χ3n) is 10.8. The number of carbonyl (C=O) groups excluding carboxylic acids is 1. The summed E-state index contributed by atoms with van der Waals surface area (Å²) in [6.07, 6.45) is 10.5. The summed E-state index contributed by atoms with van der Waals surface area (Å²) in [7, 11) is -3.98. The Bertz CT molecular complexity index is 1630. The molecule has 2 aromatic rings. The zero-order chi connectivity index (χ0) is 32.7. The molecule has 0 radical (unpaired) electrons. The minimum absolute atomic E-state index is 0.0644. The number of sulfonamides is 1. The van der Waals surface area contributed by atoms with Crippen LogP contribution in [-0.4, -0.2) is 63.2 Å². The quantitative estimate of drug-likeness (QED) is 0.313. The van der Waals surface area contributed by atoms with E-state index in [1.165, 1.54) is 11.1 Å². The fraction of sp³-hybridized carbons (Fsp3) is 0.528. The summed E-state index contributed by atoms with van der Waals surface area (Å²) in [6, 6.07) is 11.3. The third kappa shape index (κ3) is 6.36. The van der Waals surface area contributed by atoms with Crippen LogP contribution in [0.4, 0.5) is 5.69 Å². The molecule has 1 spiro atoms. The van der Waals surface area contributed by atoms with Crippen LogP contribution in [0.2, 0.25) is 5.02 Å². The number of aryl methyl sites for hydroxylation is 1. The SMILES string of the molecule is C=CCOC[C@@]1(O)/C=C/C[C@H](C)[C@@H](C)S(=O)(=O)NC(=O)c2ccc3c(c2)N(C[C@@H]2CC[C@H]21)C[C@@]1(CCCc2cc(Cl)ccc21)CO3. The van der Waals surface area contributed by atoms with Gasteiger partial charge in [-0.2, -0.15) is 0 Å². The average molecular weight is 669 g/mol. The molecule has 6 atom stereocenters. The second-order valence-corrected chi connectivity index (χ2v) is 16.3. The molecular weight excluding hydrogens is 624 g/mol. The Morgan fingerprint density at radius 2 is 2.04 bits per heavy atom. The molecule has 46 heavy (non-hydrogen) atoms. The Hall–Kier alpha value is -2.85. The van der Waals surface area contributed by atoms with E-state index < -0.39 is 26.8 Å². The van der Waals surface area contributed by atoms with Crippen molar-refractivity contribution >= 4 is 33.2 Å². The predicted octanol–water partition coefficient (Wildman–Crippen LogP) is 5.82. The largest absolute Gasteiger partial charge is 0.490 e. The molecule has 8 nitrogen and oxygen atoms in total. The van der Waals surface area contributed by atoms with Gasteiger partial charge in [0.05, 0.1) is 30.8 Å². The monoisotopic (exact) mass is 668 g/mol. The van der Waals surface area contributed by atoms with Crippen LogP contribution in [0.15, 0.2) is 61.2 Å². The second-order valence-electron chi connectivity index (χ2n) is 13.8. The van der Waals surface area contributed by atoms with E-state index in [0.29, 0.717) is 38.5 Å². The van der Waals surface area contributed by atoms with Crippen molar-refractivity contribution in [2.45, 2.75) is 68.6 Å². The van der Waals surface area contributed by atoms with Crippen molar-refractivity contribution in [1.29, 1.82) is 0 Å². The van der Waals surface area contributed by atoms with Crippen molar-refractivity contribution in [3.8, 4) is 5.75 Å². The molecule has 1 saturated carbocycles. The zero-order valence-electron chi connectivity index (χ0n) is 26.7. The first-order valence-electron chi connectivity index (χ1n) is 16.4. The van der Waals surface area contributed by atoms with Crippen LogP contribution >= 0.6 is 11.6 Å². The number of hydrogen-bond acceptors (Lipinski definition) is 7. The molecule has 4 aliphatic rings. The Morgan fingerprint density at radius 3 is 2.80 bits per heavy atom. The van der Waals surface area contributed by atoms with Gasteiger partial charge in [-0.3, -0.25) is 4.79 Å². The molecular formula is C36H45ClN2O6S. The standard InChI is InChI=1S/C36H45ClN2O6S/c1-4-17-44-23-36(41)16-5-7-24(2)25(3)46(42,43)38-34(40)27-10-14-33-32(19-27)39(20-28-9-12-31(28)36)21-35(22-45-33)15-6-8-26-18-29(37)11-13-30(26)35/h4-5,10-11,13-14,16,18-19,24-25,28,31,41H,1,6-9,12,15,17,20-23H2,2-3H3,(H,38,40)/b16-5+/t24-,25+,28-,31+,35-,36-/m0/s1. The maximum Gasteiger partial charge on any atom is 0.264 e. The molecule has 0 unspecified atom stereocenters. The van der Waals surface area contributed by atoms with Gasteiger partial charge in [0, 0.05) is 29.1 Å². The van der Waals surface area contributed by atoms with Crippen LogP contribution in [0.1, 0.15) is 67.4 Å². The molecule has 2 aliphatic heterocycles. The van der Waals surface area contributed by atoms with E-state index in [1.54, 1.807) is 31.2 Å². The Kier molecular flexibility index (Phi) is 9.33. The Balaban J connectivity index is 1.44. The molecule has 2 aromatic carbocycles. The summed E-state index contributed by atoms with van der Waals surface area (Å²) in [6.45, 7) is 9.41. The predicted molar refractivity (Wildman–Crippen MR) is 181 cm³/mol. The van der Waals surface area contributed by atoms with Crippen LogP contribution in [0.3, 0.4) is 0 Å². The number of rotatable bonds is 4. The Morgan fingerprint density at radius 1 is 1.22 bits per heavy atom. The number of aliphatic hydroxyl groups is 1. The van der Waals surface area contributed by atoms with Crippen molar-refractivity contribution in [2.75, 3.05) is 37.8 Å². The highest BCUT2D eigenvalue weighted by Gasteiger charge is 2.48. The maximum atomic E-state index is 13.4. The number of ether oxygens (including phenoxy) is 2. The average Bonchev–Trinajstić information content (AvgIpc) is 3.15. The highest BCUT2D eigenvalue weighted by molar-refractivity contribution is 7.90. The fourth-order valence-electron chi connectivity index (χ4n) is 7.83. The molecule has 248 valence electrons. The van der Waals surface area contributed by atoms with Gasteiger partial charge in [0.15, 0.2) is 0 Å². The van der Waals surface area contributed by atoms with E-state index in [0.717, 1.165) is 42.8 Å². The van der Waals surface area contributed by atoms with Gasteiger partial charge >= 0.3 is 0 Å². The molecule has 2 heterocycles. The summed E-state index contributed by atoms with van der Waals surface area (Å²) in [4.78, 5) is 15.8. The van der Waals surface area contributed by atoms with Crippen molar-refractivity contribution in [1.82, 2.24) is 4.72 Å². The summed E-state index contributed by atoms with van der Waals surface area (Å²) in [5, 5.41) is 12.0. The highest BCUT2D eigenvalue weighted by Crippen LogP contribution is 2.48. The number of halogens is 1. The molecule has 10 heteroatoms. The van der Waals surface area contributed by atoms with Crippen LogP contribution in [0.25, 0.3) is 0 Å². The van der Waals surface area contributed by atoms with Crippen LogP contribution in [-0.2, 0) is 26.6 Å². The van der Waals surface area contributed by atoms with Crippen LogP contribution < -0.4 is 14.4 Å². The molecule has 6 rings (SSSR count). The molecule has 2 aliphatic carbocycles. The van der Waals surface area contributed by atoms with E-state index in [-0.39, 0.29) is 35.3 Å². The van der Waals surface area contributed by atoms with Crippen molar-refractivity contribution in [2.24, 2.45) is 17.8 Å². The van der Waals surface area contributed by atoms with Gasteiger partial charge < -0.3 is 19.5 Å². The lowest BCUT2D eigenvalue weighted by molar-refractivity contribution is -0.0914. The Labute approximate surface area is 277 Å². The number of anilines is 1. The van der Waals surface area contributed by atoms with E-state index in [9.17, 15) is 18.3 Å². The van der Waals surface area contributed by atoms with Crippen LogP contribution in [0, 0.1) is 17.8 Å². The van der Waals surface area contributed by atoms with Gasteiger partial charge in [0.2, 0.25) is 10.0 Å². The first-order chi connectivity index (χ1) is 21.9. The minimum atomic E-state index is -3.98.